The van der Waals surface area contributed by atoms with Crippen LogP contribution in [0.3, 0.4) is 0 Å². The first-order chi connectivity index (χ1) is 12.1. The van der Waals surface area contributed by atoms with E-state index in [2.05, 4.69) is 4.98 Å². The number of benzene rings is 1. The summed E-state index contributed by atoms with van der Waals surface area (Å²) in [7, 11) is 0. The molecular formula is C19H25N3O3S. The number of aromatic nitrogens is 1. The molecule has 0 aliphatic carbocycles. The second-order valence-corrected chi connectivity index (χ2v) is 8.35. The van der Waals surface area contributed by atoms with Crippen LogP contribution in [-0.4, -0.2) is 27.5 Å². The summed E-state index contributed by atoms with van der Waals surface area (Å²) in [5, 5.41) is 1.17. The molecule has 2 rings (SSSR count). The summed E-state index contributed by atoms with van der Waals surface area (Å²) in [5.41, 5.74) is -0.113. The van der Waals surface area contributed by atoms with Crippen molar-refractivity contribution >= 4 is 23.2 Å². The van der Waals surface area contributed by atoms with Gasteiger partial charge in [-0.05, 0) is 32.3 Å². The minimum absolute atomic E-state index is 0.268. The molecule has 1 atom stereocenters. The summed E-state index contributed by atoms with van der Waals surface area (Å²) in [4.78, 5) is 30.8. The predicted molar refractivity (Wildman–Crippen MR) is 102 cm³/mol. The zero-order chi connectivity index (χ0) is 19.5. The van der Waals surface area contributed by atoms with Crippen molar-refractivity contribution < 1.29 is 14.3 Å². The lowest BCUT2D eigenvalue weighted by Gasteiger charge is -2.29. The van der Waals surface area contributed by atoms with Crippen LogP contribution in [0.2, 0.25) is 0 Å². The fourth-order valence-corrected chi connectivity index (χ4v) is 3.16. The molecule has 2 aromatic rings. The number of ketones is 1. The van der Waals surface area contributed by atoms with Gasteiger partial charge in [-0.3, -0.25) is 4.79 Å². The highest BCUT2D eigenvalue weighted by Crippen LogP contribution is 2.29. The van der Waals surface area contributed by atoms with Gasteiger partial charge in [0.1, 0.15) is 11.6 Å². The molecule has 0 aliphatic rings. The Labute approximate surface area is 158 Å². The number of amides is 1. The van der Waals surface area contributed by atoms with Crippen molar-refractivity contribution in [3.8, 4) is 0 Å². The maximum atomic E-state index is 13.1. The van der Waals surface area contributed by atoms with E-state index in [1.165, 1.54) is 11.3 Å². The number of thiazole rings is 1. The number of carbonyl (C=O) groups excluding carboxylic acids is 2. The molecule has 0 radical (unpaired) electrons. The van der Waals surface area contributed by atoms with Crippen molar-refractivity contribution in [3.05, 3.63) is 52.0 Å². The van der Waals surface area contributed by atoms with Gasteiger partial charge < -0.3 is 4.74 Å². The van der Waals surface area contributed by atoms with E-state index in [1.54, 1.807) is 51.2 Å². The third-order valence-corrected chi connectivity index (χ3v) is 4.86. The lowest BCUT2D eigenvalue weighted by Crippen LogP contribution is -2.46. The van der Waals surface area contributed by atoms with E-state index in [4.69, 9.17) is 10.6 Å². The molecule has 6 nitrogen and oxygen atoms in total. The maximum Gasteiger partial charge on any atom is 0.425 e. The van der Waals surface area contributed by atoms with E-state index in [1.807, 2.05) is 19.9 Å². The number of hydrazine groups is 1. The van der Waals surface area contributed by atoms with Gasteiger partial charge in [0.05, 0.1) is 0 Å². The van der Waals surface area contributed by atoms with Gasteiger partial charge >= 0.3 is 6.09 Å². The number of nitrogens with zero attached hydrogens (tertiary/aromatic N) is 2. The molecule has 0 saturated heterocycles. The average Bonchev–Trinajstić information content (AvgIpc) is 3.04. The molecule has 1 aromatic heterocycles. The van der Waals surface area contributed by atoms with Gasteiger partial charge in [0.2, 0.25) is 5.78 Å². The predicted octanol–water partition coefficient (Wildman–Crippen LogP) is 4.30. The normalized spacial score (nSPS) is 12.7. The Balaban J connectivity index is 2.37. The molecule has 0 unspecified atom stereocenters. The molecule has 2 N–H and O–H groups in total. The minimum Gasteiger partial charge on any atom is -0.443 e. The molecule has 1 aromatic carbocycles. The Morgan fingerprint density at radius 1 is 1.19 bits per heavy atom. The Kier molecular flexibility index (Phi) is 6.15. The molecule has 1 amide bonds. The van der Waals surface area contributed by atoms with Crippen LogP contribution in [0.25, 0.3) is 0 Å². The van der Waals surface area contributed by atoms with Gasteiger partial charge in [-0.1, -0.05) is 44.2 Å². The topological polar surface area (TPSA) is 85.5 Å². The Hall–Kier alpha value is -2.25. The van der Waals surface area contributed by atoms with Crippen LogP contribution in [0.1, 0.15) is 66.8 Å². The second kappa shape index (κ2) is 7.97. The first-order valence-corrected chi connectivity index (χ1v) is 9.23. The van der Waals surface area contributed by atoms with E-state index in [0.29, 0.717) is 10.6 Å². The molecule has 26 heavy (non-hydrogen) atoms. The number of carbonyl (C=O) groups is 2. The Morgan fingerprint density at radius 2 is 1.81 bits per heavy atom. The third kappa shape index (κ3) is 4.89. The fourth-order valence-electron chi connectivity index (χ4n) is 2.28. The van der Waals surface area contributed by atoms with Crippen LogP contribution in [0.4, 0.5) is 4.79 Å². The van der Waals surface area contributed by atoms with Crippen LogP contribution in [0.15, 0.2) is 36.5 Å². The second-order valence-electron chi connectivity index (χ2n) is 7.29. The van der Waals surface area contributed by atoms with Gasteiger partial charge in [-0.25, -0.2) is 20.6 Å². The summed E-state index contributed by atoms with van der Waals surface area (Å²) < 4.78 is 5.32. The Bertz CT molecular complexity index is 766. The Morgan fingerprint density at radius 3 is 2.31 bits per heavy atom. The molecule has 0 saturated carbocycles. The highest BCUT2D eigenvalue weighted by molar-refractivity contribution is 7.13. The minimum atomic E-state index is -1.00. The largest absolute Gasteiger partial charge is 0.443 e. The average molecular weight is 375 g/mol. The highest BCUT2D eigenvalue weighted by Gasteiger charge is 2.34. The fraction of sp³-hybridized carbons (Fsp3) is 0.421. The van der Waals surface area contributed by atoms with Gasteiger partial charge in [0.15, 0.2) is 5.01 Å². The number of hydrogen-bond donors (Lipinski definition) is 1. The van der Waals surface area contributed by atoms with Gasteiger partial charge in [-0.2, -0.15) is 0 Å². The van der Waals surface area contributed by atoms with E-state index in [9.17, 15) is 9.59 Å². The molecule has 140 valence electrons. The zero-order valence-electron chi connectivity index (χ0n) is 15.7. The first kappa shape index (κ1) is 20.1. The summed E-state index contributed by atoms with van der Waals surface area (Å²) >= 11 is 1.32. The number of Topliss-reactive ketones (excluding diaryl/α,β-unsaturated/α-hetero) is 1. The number of nitrogens with two attached hydrogens (primary N) is 1. The van der Waals surface area contributed by atoms with Gasteiger partial charge in [0, 0.05) is 11.1 Å². The first-order valence-electron chi connectivity index (χ1n) is 8.42. The number of ether oxygens (including phenoxy) is 1. The highest BCUT2D eigenvalue weighted by atomic mass is 32.1. The van der Waals surface area contributed by atoms with Crippen LogP contribution in [0.5, 0.6) is 0 Å². The van der Waals surface area contributed by atoms with Crippen LogP contribution < -0.4 is 5.84 Å². The van der Waals surface area contributed by atoms with Crippen molar-refractivity contribution in [1.82, 2.24) is 9.99 Å². The van der Waals surface area contributed by atoms with Crippen LogP contribution in [0, 0.1) is 0 Å². The molecule has 7 heteroatoms. The quantitative estimate of drug-likeness (QED) is 0.364. The van der Waals surface area contributed by atoms with Crippen molar-refractivity contribution in [1.29, 1.82) is 0 Å². The smallest absolute Gasteiger partial charge is 0.425 e. The third-order valence-electron chi connectivity index (χ3n) is 3.55. The van der Waals surface area contributed by atoms with E-state index in [0.717, 1.165) is 9.89 Å². The van der Waals surface area contributed by atoms with E-state index in [-0.39, 0.29) is 11.7 Å². The van der Waals surface area contributed by atoms with Crippen molar-refractivity contribution in [2.45, 2.75) is 52.2 Å². The number of hydrogen-bond acceptors (Lipinski definition) is 6. The van der Waals surface area contributed by atoms with E-state index < -0.39 is 17.7 Å². The maximum absolute atomic E-state index is 13.1. The summed E-state index contributed by atoms with van der Waals surface area (Å²) in [5.74, 6) is 5.96. The van der Waals surface area contributed by atoms with Crippen LogP contribution in [-0.2, 0) is 4.74 Å². The number of rotatable bonds is 5. The van der Waals surface area contributed by atoms with Crippen molar-refractivity contribution in [3.63, 3.8) is 0 Å². The summed E-state index contributed by atoms with van der Waals surface area (Å²) in [6, 6.07) is 7.92. The van der Waals surface area contributed by atoms with Crippen molar-refractivity contribution in [2.75, 3.05) is 0 Å². The van der Waals surface area contributed by atoms with Crippen LogP contribution >= 0.6 is 11.3 Å². The molecular weight excluding hydrogens is 350 g/mol. The SMILES string of the molecule is CC(C)c1cnc(C(=O)[C@@H](c2ccccc2)N(N)C(=O)OC(C)(C)C)s1. The summed E-state index contributed by atoms with van der Waals surface area (Å²) in [6.07, 6.45) is 0.930. The lowest BCUT2D eigenvalue weighted by molar-refractivity contribution is 0.0154. The lowest BCUT2D eigenvalue weighted by atomic mass is 10.0. The van der Waals surface area contributed by atoms with Crippen molar-refractivity contribution in [2.24, 2.45) is 5.84 Å². The standard InChI is InChI=1S/C19H25N3O3S/c1-12(2)14-11-21-17(26-14)16(23)15(13-9-7-6-8-10-13)22(20)18(24)25-19(3,4)5/h6-12,15H,20H2,1-5H3/t15-/m1/s1. The summed E-state index contributed by atoms with van der Waals surface area (Å²) in [6.45, 7) is 9.30. The molecule has 0 spiro atoms. The zero-order valence-corrected chi connectivity index (χ0v) is 16.5. The molecule has 0 aliphatic heterocycles. The van der Waals surface area contributed by atoms with Gasteiger partial charge in [0.25, 0.3) is 0 Å². The monoisotopic (exact) mass is 375 g/mol. The molecule has 0 bridgehead atoms. The molecule has 0 fully saturated rings. The molecule has 1 heterocycles. The van der Waals surface area contributed by atoms with Gasteiger partial charge in [-0.15, -0.1) is 11.3 Å². The van der Waals surface area contributed by atoms with E-state index >= 15 is 0 Å².